The highest BCUT2D eigenvalue weighted by atomic mass is 16.3. The summed E-state index contributed by atoms with van der Waals surface area (Å²) in [6.07, 6.45) is 5.94. The molecule has 0 saturated carbocycles. The Morgan fingerprint density at radius 3 is 2.54 bits per heavy atom. The Morgan fingerprint density at radius 1 is 0.923 bits per heavy atom. The first-order chi connectivity index (χ1) is 12.5. The molecule has 130 valence electrons. The molecule has 3 aromatic rings. The maximum Gasteiger partial charge on any atom is 0.157 e. The number of hydrogen-bond acceptors (Lipinski definition) is 3. The molecule has 0 saturated heterocycles. The predicted octanol–water partition coefficient (Wildman–Crippen LogP) is 5.55. The normalized spacial score (nSPS) is 16.9. The average Bonchev–Trinajstić information content (AvgIpc) is 2.89. The Hall–Kier alpha value is -3.20. The smallest absolute Gasteiger partial charge is 0.157 e. The van der Waals surface area contributed by atoms with Crippen molar-refractivity contribution in [3.8, 4) is 11.5 Å². The zero-order valence-electron chi connectivity index (χ0n) is 14.8. The molecule has 3 nitrogen and oxygen atoms in total. The minimum absolute atomic E-state index is 0.110. The van der Waals surface area contributed by atoms with Crippen molar-refractivity contribution in [1.82, 2.24) is 0 Å². The van der Waals surface area contributed by atoms with Gasteiger partial charge >= 0.3 is 0 Å². The summed E-state index contributed by atoms with van der Waals surface area (Å²) in [5.41, 5.74) is 4.30. The van der Waals surface area contributed by atoms with Crippen LogP contribution < -0.4 is 5.32 Å². The third-order valence-corrected chi connectivity index (χ3v) is 5.05. The van der Waals surface area contributed by atoms with E-state index in [1.807, 2.05) is 12.2 Å². The van der Waals surface area contributed by atoms with Gasteiger partial charge in [-0.3, -0.25) is 0 Å². The van der Waals surface area contributed by atoms with E-state index in [4.69, 9.17) is 0 Å². The molecule has 0 spiro atoms. The molecule has 1 aliphatic heterocycles. The molecule has 0 bridgehead atoms. The first kappa shape index (κ1) is 16.3. The van der Waals surface area contributed by atoms with Gasteiger partial charge in [-0.1, -0.05) is 62.4 Å². The second-order valence-corrected chi connectivity index (χ2v) is 7.15. The fourth-order valence-corrected chi connectivity index (χ4v) is 3.63. The van der Waals surface area contributed by atoms with Crippen molar-refractivity contribution in [2.75, 3.05) is 5.32 Å². The quantitative estimate of drug-likeness (QED) is 0.535. The summed E-state index contributed by atoms with van der Waals surface area (Å²) in [6, 6.07) is 17.5. The lowest BCUT2D eigenvalue weighted by molar-refractivity contribution is 0.403. The zero-order chi connectivity index (χ0) is 18.3. The van der Waals surface area contributed by atoms with Gasteiger partial charge < -0.3 is 15.5 Å². The molecule has 0 unspecified atom stereocenters. The van der Waals surface area contributed by atoms with Gasteiger partial charge in [0.15, 0.2) is 11.5 Å². The van der Waals surface area contributed by atoms with Gasteiger partial charge in [-0.15, -0.1) is 0 Å². The lowest BCUT2D eigenvalue weighted by atomic mass is 9.81. The van der Waals surface area contributed by atoms with E-state index in [0.717, 1.165) is 16.9 Å². The van der Waals surface area contributed by atoms with E-state index in [0.29, 0.717) is 0 Å². The van der Waals surface area contributed by atoms with Crippen LogP contribution in [0.5, 0.6) is 11.5 Å². The fraction of sp³-hybridized carbons (Fsp3) is 0.130. The number of anilines is 1. The Morgan fingerprint density at radius 2 is 1.73 bits per heavy atom. The van der Waals surface area contributed by atoms with Gasteiger partial charge in [-0.25, -0.2) is 0 Å². The van der Waals surface area contributed by atoms with Gasteiger partial charge in [-0.2, -0.15) is 0 Å². The molecular weight excluding hydrogens is 322 g/mol. The van der Waals surface area contributed by atoms with Crippen LogP contribution in [-0.2, 0) is 5.41 Å². The molecule has 0 atom stereocenters. The fourth-order valence-electron chi connectivity index (χ4n) is 3.63. The molecule has 3 aromatic carbocycles. The predicted molar refractivity (Wildman–Crippen MR) is 107 cm³/mol. The highest BCUT2D eigenvalue weighted by molar-refractivity contribution is 5.94. The van der Waals surface area contributed by atoms with E-state index in [9.17, 15) is 10.2 Å². The number of fused-ring (bicyclic) bond motifs is 3. The van der Waals surface area contributed by atoms with Gasteiger partial charge in [0.05, 0.1) is 0 Å². The van der Waals surface area contributed by atoms with E-state index < -0.39 is 0 Å². The first-order valence-corrected chi connectivity index (χ1v) is 8.67. The number of aromatic hydroxyl groups is 2. The van der Waals surface area contributed by atoms with Crippen LogP contribution in [0.15, 0.2) is 72.4 Å². The Balaban J connectivity index is 1.70. The third kappa shape index (κ3) is 2.62. The maximum atomic E-state index is 9.60. The second kappa shape index (κ2) is 5.95. The molecule has 4 rings (SSSR count). The number of rotatable bonds is 2. The molecule has 1 heterocycles. The lowest BCUT2D eigenvalue weighted by Crippen LogP contribution is -2.17. The standard InChI is InChI=1S/C23H21NO2/c1-23(2)21(9-5-6-15-10-13-19(25)20(26)14-15)24-18-12-11-16-7-3-4-8-17(16)22(18)23/h3-14,24-26H,1-2H3/b6-5+,21-9+. The first-order valence-electron chi connectivity index (χ1n) is 8.67. The minimum atomic E-state index is -0.127. The van der Waals surface area contributed by atoms with Crippen molar-refractivity contribution in [2.24, 2.45) is 0 Å². The summed E-state index contributed by atoms with van der Waals surface area (Å²) < 4.78 is 0. The monoisotopic (exact) mass is 343 g/mol. The van der Waals surface area contributed by atoms with Crippen molar-refractivity contribution in [3.05, 3.63) is 83.6 Å². The van der Waals surface area contributed by atoms with Crippen LogP contribution in [0.4, 0.5) is 5.69 Å². The molecule has 0 amide bonds. The zero-order valence-corrected chi connectivity index (χ0v) is 14.8. The lowest BCUT2D eigenvalue weighted by Gasteiger charge is -2.21. The molecule has 1 aliphatic rings. The van der Waals surface area contributed by atoms with Gasteiger partial charge in [0, 0.05) is 16.8 Å². The van der Waals surface area contributed by atoms with Crippen molar-refractivity contribution in [3.63, 3.8) is 0 Å². The Bertz CT molecular complexity index is 1060. The van der Waals surface area contributed by atoms with Gasteiger partial charge in [-0.05, 0) is 46.2 Å². The van der Waals surface area contributed by atoms with Crippen LogP contribution in [0.25, 0.3) is 16.8 Å². The number of phenolic OH excluding ortho intramolecular Hbond substituents is 2. The number of nitrogens with one attached hydrogen (secondary N) is 1. The third-order valence-electron chi connectivity index (χ3n) is 5.05. The molecule has 0 radical (unpaired) electrons. The maximum absolute atomic E-state index is 9.60. The van der Waals surface area contributed by atoms with Crippen LogP contribution in [0, 0.1) is 0 Å². The molecule has 0 aromatic heterocycles. The number of hydrogen-bond donors (Lipinski definition) is 3. The second-order valence-electron chi connectivity index (χ2n) is 7.15. The molecule has 26 heavy (non-hydrogen) atoms. The molecular formula is C23H21NO2. The van der Waals surface area contributed by atoms with Gasteiger partial charge in [0.2, 0.25) is 0 Å². The summed E-state index contributed by atoms with van der Waals surface area (Å²) in [5, 5.41) is 25.1. The number of benzene rings is 3. The summed E-state index contributed by atoms with van der Waals surface area (Å²) in [5.74, 6) is -0.223. The van der Waals surface area contributed by atoms with Crippen LogP contribution in [0.2, 0.25) is 0 Å². The van der Waals surface area contributed by atoms with Gasteiger partial charge in [0.25, 0.3) is 0 Å². The van der Waals surface area contributed by atoms with E-state index in [1.165, 1.54) is 22.4 Å². The molecule has 0 aliphatic carbocycles. The van der Waals surface area contributed by atoms with Crippen LogP contribution in [-0.4, -0.2) is 10.2 Å². The molecule has 3 N–H and O–H groups in total. The SMILES string of the molecule is CC1(C)/C(=C\C=C\c2ccc(O)c(O)c2)Nc2ccc3ccccc3c21. The van der Waals surface area contributed by atoms with Crippen molar-refractivity contribution < 1.29 is 10.2 Å². The average molecular weight is 343 g/mol. The Labute approximate surface area is 152 Å². The van der Waals surface area contributed by atoms with Crippen LogP contribution in [0.1, 0.15) is 25.0 Å². The topological polar surface area (TPSA) is 52.5 Å². The Kier molecular flexibility index (Phi) is 3.73. The van der Waals surface area contributed by atoms with Crippen LogP contribution >= 0.6 is 0 Å². The molecule has 3 heteroatoms. The van der Waals surface area contributed by atoms with E-state index in [1.54, 1.807) is 12.1 Å². The highest BCUT2D eigenvalue weighted by Gasteiger charge is 2.35. The van der Waals surface area contributed by atoms with Crippen LogP contribution in [0.3, 0.4) is 0 Å². The van der Waals surface area contributed by atoms with Crippen molar-refractivity contribution in [2.45, 2.75) is 19.3 Å². The highest BCUT2D eigenvalue weighted by Crippen LogP contribution is 2.46. The van der Waals surface area contributed by atoms with Crippen molar-refractivity contribution >= 4 is 22.5 Å². The van der Waals surface area contributed by atoms with Gasteiger partial charge in [0.1, 0.15) is 0 Å². The van der Waals surface area contributed by atoms with E-state index in [2.05, 4.69) is 61.6 Å². The number of phenols is 2. The number of allylic oxidation sites excluding steroid dienone is 3. The summed E-state index contributed by atoms with van der Waals surface area (Å²) in [6.45, 7) is 4.45. The molecule has 0 fully saturated rings. The summed E-state index contributed by atoms with van der Waals surface area (Å²) in [7, 11) is 0. The van der Waals surface area contributed by atoms with Crippen molar-refractivity contribution in [1.29, 1.82) is 0 Å². The summed E-state index contributed by atoms with van der Waals surface area (Å²) in [4.78, 5) is 0. The van der Waals surface area contributed by atoms with E-state index >= 15 is 0 Å². The van der Waals surface area contributed by atoms with E-state index in [-0.39, 0.29) is 16.9 Å². The largest absolute Gasteiger partial charge is 0.504 e. The summed E-state index contributed by atoms with van der Waals surface area (Å²) >= 11 is 0. The minimum Gasteiger partial charge on any atom is -0.504 e.